The number of hydrogen-bond acceptors (Lipinski definition) is 5. The van der Waals surface area contributed by atoms with Gasteiger partial charge in [-0.1, -0.05) is 48.2 Å². The molecular formula is C18H12N2O2S. The Labute approximate surface area is 136 Å². The van der Waals surface area contributed by atoms with Crippen molar-refractivity contribution >= 4 is 39.4 Å². The molecule has 4 aromatic rings. The fourth-order valence-electron chi connectivity index (χ4n) is 2.42. The molecule has 2 aromatic carbocycles. The summed E-state index contributed by atoms with van der Waals surface area (Å²) in [6, 6.07) is 17.2. The molecular weight excluding hydrogens is 308 g/mol. The summed E-state index contributed by atoms with van der Waals surface area (Å²) < 4.78 is 5.61. The number of hydrogen-bond donors (Lipinski definition) is 0. The molecule has 0 bridgehead atoms. The Balaban J connectivity index is 1.57. The van der Waals surface area contributed by atoms with E-state index in [1.54, 1.807) is 6.07 Å². The first-order valence-corrected chi connectivity index (χ1v) is 8.14. The van der Waals surface area contributed by atoms with Gasteiger partial charge in [0.05, 0.1) is 11.3 Å². The molecule has 0 spiro atoms. The summed E-state index contributed by atoms with van der Waals surface area (Å²) >= 11 is 1.40. The number of ketones is 1. The second kappa shape index (κ2) is 5.85. The Morgan fingerprint density at radius 2 is 1.87 bits per heavy atom. The van der Waals surface area contributed by atoms with Gasteiger partial charge in [-0.25, -0.2) is 9.97 Å². The summed E-state index contributed by atoms with van der Waals surface area (Å²) in [6.45, 7) is 0. The molecule has 23 heavy (non-hydrogen) atoms. The maximum absolute atomic E-state index is 12.4. The van der Waals surface area contributed by atoms with E-state index in [2.05, 4.69) is 9.97 Å². The van der Waals surface area contributed by atoms with Gasteiger partial charge in [-0.2, -0.15) is 0 Å². The predicted molar refractivity (Wildman–Crippen MR) is 90.8 cm³/mol. The molecule has 0 N–H and O–H groups in total. The highest BCUT2D eigenvalue weighted by Crippen LogP contribution is 2.26. The second-order valence-electron chi connectivity index (χ2n) is 5.06. The first-order chi connectivity index (χ1) is 11.3. The highest BCUT2D eigenvalue weighted by molar-refractivity contribution is 8.00. The van der Waals surface area contributed by atoms with E-state index in [-0.39, 0.29) is 11.5 Å². The van der Waals surface area contributed by atoms with Crippen molar-refractivity contribution < 1.29 is 9.21 Å². The number of Topliss-reactive ketones (excluding diaryl/α,β-unsaturated/α-hetero) is 1. The molecule has 0 aliphatic heterocycles. The van der Waals surface area contributed by atoms with Gasteiger partial charge in [-0.3, -0.25) is 4.79 Å². The number of nitrogens with zero attached hydrogens (tertiary/aromatic N) is 2. The molecule has 0 fully saturated rings. The SMILES string of the molecule is O=C(CSc1ncnc2ccccc12)c1cc2ccccc2o1. The number of fused-ring (bicyclic) bond motifs is 2. The molecule has 0 aliphatic rings. The zero-order valence-corrected chi connectivity index (χ0v) is 12.9. The van der Waals surface area contributed by atoms with E-state index in [4.69, 9.17) is 4.42 Å². The van der Waals surface area contributed by atoms with Crippen molar-refractivity contribution in [3.05, 3.63) is 66.7 Å². The Morgan fingerprint density at radius 3 is 2.78 bits per heavy atom. The van der Waals surface area contributed by atoms with Crippen molar-refractivity contribution in [2.45, 2.75) is 5.03 Å². The first-order valence-electron chi connectivity index (χ1n) is 7.15. The Morgan fingerprint density at radius 1 is 1.04 bits per heavy atom. The zero-order chi connectivity index (χ0) is 15.6. The number of carbonyl (C=O) groups excluding carboxylic acids is 1. The highest BCUT2D eigenvalue weighted by Gasteiger charge is 2.14. The lowest BCUT2D eigenvalue weighted by Gasteiger charge is -2.03. The summed E-state index contributed by atoms with van der Waals surface area (Å²) in [5, 5.41) is 2.70. The average Bonchev–Trinajstić information content (AvgIpc) is 3.04. The summed E-state index contributed by atoms with van der Waals surface area (Å²) in [7, 11) is 0. The van der Waals surface area contributed by atoms with Gasteiger partial charge in [0.15, 0.2) is 5.76 Å². The molecule has 0 aliphatic carbocycles. The van der Waals surface area contributed by atoms with Crippen LogP contribution in [0.5, 0.6) is 0 Å². The molecule has 4 rings (SSSR count). The van der Waals surface area contributed by atoms with Crippen LogP contribution >= 0.6 is 11.8 Å². The minimum absolute atomic E-state index is 0.0473. The number of rotatable bonds is 4. The first kappa shape index (κ1) is 14.0. The number of aromatic nitrogens is 2. The third kappa shape index (κ3) is 2.71. The van der Waals surface area contributed by atoms with Crippen LogP contribution in [-0.2, 0) is 0 Å². The summed E-state index contributed by atoms with van der Waals surface area (Å²) in [6.07, 6.45) is 1.52. The van der Waals surface area contributed by atoms with Crippen molar-refractivity contribution in [1.29, 1.82) is 0 Å². The average molecular weight is 320 g/mol. The van der Waals surface area contributed by atoms with Gasteiger partial charge in [-0.05, 0) is 18.2 Å². The molecule has 0 saturated heterocycles. The highest BCUT2D eigenvalue weighted by atomic mass is 32.2. The van der Waals surface area contributed by atoms with Crippen LogP contribution in [0.3, 0.4) is 0 Å². The number of thioether (sulfide) groups is 1. The smallest absolute Gasteiger partial charge is 0.208 e. The third-order valence-electron chi connectivity index (χ3n) is 3.55. The van der Waals surface area contributed by atoms with E-state index in [1.165, 1.54) is 18.1 Å². The monoisotopic (exact) mass is 320 g/mol. The quantitative estimate of drug-likeness (QED) is 0.318. The number of furan rings is 1. The molecule has 2 aromatic heterocycles. The number of benzene rings is 2. The molecule has 0 radical (unpaired) electrons. The normalized spacial score (nSPS) is 11.1. The van der Waals surface area contributed by atoms with Crippen LogP contribution in [0.4, 0.5) is 0 Å². The molecule has 0 amide bonds. The van der Waals surface area contributed by atoms with E-state index in [1.807, 2.05) is 48.5 Å². The van der Waals surface area contributed by atoms with Gasteiger partial charge >= 0.3 is 0 Å². The maximum Gasteiger partial charge on any atom is 0.208 e. The van der Waals surface area contributed by atoms with Crippen LogP contribution in [0.25, 0.3) is 21.9 Å². The summed E-state index contributed by atoms with van der Waals surface area (Å²) in [5.74, 6) is 0.617. The van der Waals surface area contributed by atoms with Crippen molar-refractivity contribution in [3.8, 4) is 0 Å². The Bertz CT molecular complexity index is 972. The lowest BCUT2D eigenvalue weighted by molar-refractivity contribution is 0.0994. The van der Waals surface area contributed by atoms with Gasteiger partial charge < -0.3 is 4.42 Å². The van der Waals surface area contributed by atoms with Gasteiger partial charge in [0.1, 0.15) is 16.9 Å². The summed E-state index contributed by atoms with van der Waals surface area (Å²) in [5.41, 5.74) is 1.61. The van der Waals surface area contributed by atoms with Gasteiger partial charge in [0.2, 0.25) is 5.78 Å². The van der Waals surface area contributed by atoms with Crippen LogP contribution in [0, 0.1) is 0 Å². The van der Waals surface area contributed by atoms with E-state index < -0.39 is 0 Å². The Hall–Kier alpha value is -2.66. The second-order valence-corrected chi connectivity index (χ2v) is 6.02. The topological polar surface area (TPSA) is 56.0 Å². The Kier molecular flexibility index (Phi) is 3.55. The zero-order valence-electron chi connectivity index (χ0n) is 12.1. The van der Waals surface area contributed by atoms with Gasteiger partial charge in [-0.15, -0.1) is 0 Å². The van der Waals surface area contributed by atoms with E-state index in [0.29, 0.717) is 5.76 Å². The van der Waals surface area contributed by atoms with Crippen molar-refractivity contribution in [2.24, 2.45) is 0 Å². The molecule has 0 unspecified atom stereocenters. The standard InChI is InChI=1S/C18H12N2O2S/c21-15(17-9-12-5-1-4-8-16(12)22-17)10-23-18-13-6-2-3-7-14(13)19-11-20-18/h1-9,11H,10H2. The largest absolute Gasteiger partial charge is 0.453 e. The fraction of sp³-hybridized carbons (Fsp3) is 0.0556. The van der Waals surface area contributed by atoms with Crippen molar-refractivity contribution in [3.63, 3.8) is 0 Å². The van der Waals surface area contributed by atoms with Gasteiger partial charge in [0.25, 0.3) is 0 Å². The summed E-state index contributed by atoms with van der Waals surface area (Å²) in [4.78, 5) is 20.9. The predicted octanol–water partition coefficient (Wildman–Crippen LogP) is 4.35. The van der Waals surface area contributed by atoms with Crippen LogP contribution in [-0.4, -0.2) is 21.5 Å². The van der Waals surface area contributed by atoms with Crippen LogP contribution in [0.15, 0.2) is 70.4 Å². The fourth-order valence-corrected chi connectivity index (χ4v) is 3.28. The lowest BCUT2D eigenvalue weighted by atomic mass is 10.2. The van der Waals surface area contributed by atoms with E-state index in [0.717, 1.165) is 26.9 Å². The molecule has 112 valence electrons. The number of carbonyl (C=O) groups is 1. The van der Waals surface area contributed by atoms with E-state index in [9.17, 15) is 4.79 Å². The molecule has 5 heteroatoms. The van der Waals surface area contributed by atoms with E-state index >= 15 is 0 Å². The molecule has 0 atom stereocenters. The van der Waals surface area contributed by atoms with Crippen molar-refractivity contribution in [2.75, 3.05) is 5.75 Å². The van der Waals surface area contributed by atoms with Crippen LogP contribution in [0.1, 0.15) is 10.6 Å². The third-order valence-corrected chi connectivity index (χ3v) is 4.55. The number of para-hydroxylation sites is 2. The minimum atomic E-state index is -0.0473. The molecule has 2 heterocycles. The maximum atomic E-state index is 12.4. The van der Waals surface area contributed by atoms with Crippen LogP contribution < -0.4 is 0 Å². The van der Waals surface area contributed by atoms with Gasteiger partial charge in [0, 0.05) is 10.8 Å². The molecule has 0 saturated carbocycles. The van der Waals surface area contributed by atoms with Crippen molar-refractivity contribution in [1.82, 2.24) is 9.97 Å². The van der Waals surface area contributed by atoms with Crippen LogP contribution in [0.2, 0.25) is 0 Å². The minimum Gasteiger partial charge on any atom is -0.453 e. The molecule has 4 nitrogen and oxygen atoms in total. The lowest BCUT2D eigenvalue weighted by Crippen LogP contribution is -2.01.